The molecule has 0 aliphatic rings. The predicted molar refractivity (Wildman–Crippen MR) is 94.0 cm³/mol. The minimum absolute atomic E-state index is 0.296. The van der Waals surface area contributed by atoms with Gasteiger partial charge in [0.15, 0.2) is 0 Å². The van der Waals surface area contributed by atoms with Crippen LogP contribution in [-0.2, 0) is 13.5 Å². The normalized spacial score (nSPS) is 12.6. The Morgan fingerprint density at radius 1 is 1.38 bits per heavy atom. The van der Waals surface area contributed by atoms with Gasteiger partial charge in [0.25, 0.3) is 0 Å². The number of hydrogen-bond acceptors (Lipinski definition) is 3. The first-order valence-corrected chi connectivity index (χ1v) is 9.14. The van der Waals surface area contributed by atoms with Crippen LogP contribution in [0.4, 0.5) is 0 Å². The molecule has 0 spiro atoms. The van der Waals surface area contributed by atoms with E-state index in [4.69, 9.17) is 0 Å². The summed E-state index contributed by atoms with van der Waals surface area (Å²) in [5, 5.41) is 8.11. The fourth-order valence-electron chi connectivity index (χ4n) is 2.59. The average Bonchev–Trinajstić information content (AvgIpc) is 2.73. The summed E-state index contributed by atoms with van der Waals surface area (Å²) in [7, 11) is 2.01. The largest absolute Gasteiger partial charge is 0.310 e. The molecule has 0 radical (unpaired) electrons. The maximum Gasteiger partial charge on any atom is 0.0738 e. The molecule has 1 aromatic heterocycles. The Morgan fingerprint density at radius 3 is 2.67 bits per heavy atom. The number of aromatic nitrogens is 2. The van der Waals surface area contributed by atoms with E-state index in [0.717, 1.165) is 23.1 Å². The fraction of sp³-hybridized carbons (Fsp3) is 0.438. The summed E-state index contributed by atoms with van der Waals surface area (Å²) in [6.45, 7) is 5.13. The average molecular weight is 368 g/mol. The summed E-state index contributed by atoms with van der Waals surface area (Å²) in [5.41, 5.74) is 3.63. The van der Waals surface area contributed by atoms with Gasteiger partial charge in [-0.25, -0.2) is 0 Å². The molecule has 1 heterocycles. The number of thioether (sulfide) groups is 1. The highest BCUT2D eigenvalue weighted by molar-refractivity contribution is 9.10. The fourth-order valence-corrected chi connectivity index (χ4v) is 3.75. The molecule has 0 aliphatic heterocycles. The summed E-state index contributed by atoms with van der Waals surface area (Å²) in [4.78, 5) is 1.33. The second-order valence-corrected chi connectivity index (χ2v) is 6.67. The monoisotopic (exact) mass is 367 g/mol. The number of likely N-dealkylation sites (N-methyl/N-ethyl adjacent to an activating group) is 1. The molecule has 1 aromatic carbocycles. The Balaban J connectivity index is 2.35. The Hall–Kier alpha value is -0.780. The third kappa shape index (κ3) is 3.71. The van der Waals surface area contributed by atoms with Gasteiger partial charge in [-0.1, -0.05) is 25.1 Å². The molecular formula is C16H22BrN3S. The van der Waals surface area contributed by atoms with Crippen molar-refractivity contribution in [3.05, 3.63) is 45.7 Å². The third-order valence-electron chi connectivity index (χ3n) is 3.62. The van der Waals surface area contributed by atoms with Crippen molar-refractivity contribution < 1.29 is 0 Å². The number of nitrogens with one attached hydrogen (secondary N) is 1. The van der Waals surface area contributed by atoms with Gasteiger partial charge in [-0.3, -0.25) is 4.68 Å². The predicted octanol–water partition coefficient (Wildman–Crippen LogP) is 4.11. The van der Waals surface area contributed by atoms with Crippen molar-refractivity contribution in [1.29, 1.82) is 0 Å². The molecular weight excluding hydrogens is 346 g/mol. The van der Waals surface area contributed by atoms with Gasteiger partial charge in [-0.05, 0) is 47.3 Å². The molecule has 0 fully saturated rings. The van der Waals surface area contributed by atoms with Gasteiger partial charge >= 0.3 is 0 Å². The van der Waals surface area contributed by atoms with E-state index < -0.39 is 0 Å². The highest BCUT2D eigenvalue weighted by Crippen LogP contribution is 2.30. The molecule has 0 aliphatic carbocycles. The number of benzene rings is 1. The number of hydrogen-bond donors (Lipinski definition) is 1. The van der Waals surface area contributed by atoms with Crippen molar-refractivity contribution in [3.63, 3.8) is 0 Å². The van der Waals surface area contributed by atoms with Crippen LogP contribution in [0, 0.1) is 6.92 Å². The van der Waals surface area contributed by atoms with Gasteiger partial charge in [0.1, 0.15) is 0 Å². The van der Waals surface area contributed by atoms with Crippen LogP contribution in [0.3, 0.4) is 0 Å². The topological polar surface area (TPSA) is 29.9 Å². The molecule has 1 unspecified atom stereocenters. The number of aryl methyl sites for hydroxylation is 2. The lowest BCUT2D eigenvalue weighted by Crippen LogP contribution is -2.24. The lowest BCUT2D eigenvalue weighted by molar-refractivity contribution is 0.521. The first kappa shape index (κ1) is 16.6. The third-order valence-corrected chi connectivity index (χ3v) is 5.47. The van der Waals surface area contributed by atoms with Crippen molar-refractivity contribution in [2.24, 2.45) is 7.05 Å². The summed E-state index contributed by atoms with van der Waals surface area (Å²) in [6, 6.07) is 8.92. The molecule has 2 aromatic rings. The summed E-state index contributed by atoms with van der Waals surface area (Å²) in [6.07, 6.45) is 3.05. The zero-order valence-electron chi connectivity index (χ0n) is 13.0. The van der Waals surface area contributed by atoms with E-state index in [1.807, 2.05) is 18.7 Å². The highest BCUT2D eigenvalue weighted by Gasteiger charge is 2.19. The number of halogens is 1. The Labute approximate surface area is 139 Å². The SMILES string of the molecule is CCNC(Cc1c(Br)c(C)nn1C)c1ccccc1SC. The van der Waals surface area contributed by atoms with E-state index in [-0.39, 0.29) is 0 Å². The molecule has 0 saturated carbocycles. The van der Waals surface area contributed by atoms with Gasteiger partial charge < -0.3 is 5.32 Å². The zero-order valence-corrected chi connectivity index (χ0v) is 15.4. The van der Waals surface area contributed by atoms with E-state index in [1.54, 1.807) is 11.8 Å². The van der Waals surface area contributed by atoms with Gasteiger partial charge in [0.05, 0.1) is 15.9 Å². The van der Waals surface area contributed by atoms with E-state index in [1.165, 1.54) is 16.2 Å². The lowest BCUT2D eigenvalue weighted by atomic mass is 10.0. The Morgan fingerprint density at radius 2 is 2.10 bits per heavy atom. The Bertz CT molecular complexity index is 610. The van der Waals surface area contributed by atoms with Crippen molar-refractivity contribution in [1.82, 2.24) is 15.1 Å². The van der Waals surface area contributed by atoms with Gasteiger partial charge in [-0.2, -0.15) is 5.10 Å². The van der Waals surface area contributed by atoms with E-state index in [0.29, 0.717) is 6.04 Å². The van der Waals surface area contributed by atoms with Crippen molar-refractivity contribution in [3.8, 4) is 0 Å². The van der Waals surface area contributed by atoms with Crippen LogP contribution >= 0.6 is 27.7 Å². The zero-order chi connectivity index (χ0) is 15.4. The molecule has 5 heteroatoms. The lowest BCUT2D eigenvalue weighted by Gasteiger charge is -2.21. The van der Waals surface area contributed by atoms with E-state index in [9.17, 15) is 0 Å². The van der Waals surface area contributed by atoms with Crippen LogP contribution in [-0.4, -0.2) is 22.6 Å². The summed E-state index contributed by atoms with van der Waals surface area (Å²) in [5.74, 6) is 0. The maximum absolute atomic E-state index is 4.50. The van der Waals surface area contributed by atoms with Gasteiger partial charge in [0.2, 0.25) is 0 Å². The molecule has 0 amide bonds. The minimum Gasteiger partial charge on any atom is -0.310 e. The summed E-state index contributed by atoms with van der Waals surface area (Å²) >= 11 is 5.47. The quantitative estimate of drug-likeness (QED) is 0.779. The summed E-state index contributed by atoms with van der Waals surface area (Å²) < 4.78 is 3.10. The van der Waals surface area contributed by atoms with Crippen molar-refractivity contribution in [2.75, 3.05) is 12.8 Å². The molecule has 2 rings (SSSR count). The number of rotatable bonds is 6. The van der Waals surface area contributed by atoms with E-state index in [2.05, 4.69) is 63.8 Å². The van der Waals surface area contributed by atoms with Crippen molar-refractivity contribution in [2.45, 2.75) is 31.2 Å². The molecule has 1 N–H and O–H groups in total. The standard InChI is InChI=1S/C16H22BrN3S/c1-5-18-13(12-8-6-7-9-15(12)21-4)10-14-16(17)11(2)19-20(14)3/h6-9,13,18H,5,10H2,1-4H3. The van der Waals surface area contributed by atoms with Crippen LogP contribution < -0.4 is 5.32 Å². The first-order chi connectivity index (χ1) is 10.1. The smallest absolute Gasteiger partial charge is 0.0738 e. The second kappa shape index (κ2) is 7.47. The minimum atomic E-state index is 0.296. The van der Waals surface area contributed by atoms with Gasteiger partial charge in [-0.15, -0.1) is 11.8 Å². The van der Waals surface area contributed by atoms with Crippen LogP contribution in [0.1, 0.15) is 29.9 Å². The molecule has 21 heavy (non-hydrogen) atoms. The first-order valence-electron chi connectivity index (χ1n) is 7.12. The van der Waals surface area contributed by atoms with Crippen LogP contribution in [0.15, 0.2) is 33.6 Å². The maximum atomic E-state index is 4.50. The molecule has 114 valence electrons. The van der Waals surface area contributed by atoms with Crippen molar-refractivity contribution >= 4 is 27.7 Å². The second-order valence-electron chi connectivity index (χ2n) is 5.03. The van der Waals surface area contributed by atoms with Crippen LogP contribution in [0.5, 0.6) is 0 Å². The van der Waals surface area contributed by atoms with Crippen LogP contribution in [0.25, 0.3) is 0 Å². The molecule has 1 atom stereocenters. The van der Waals surface area contributed by atoms with Gasteiger partial charge in [0, 0.05) is 24.4 Å². The Kier molecular flexibility index (Phi) is 5.90. The van der Waals surface area contributed by atoms with E-state index >= 15 is 0 Å². The molecule has 3 nitrogen and oxygen atoms in total. The highest BCUT2D eigenvalue weighted by atomic mass is 79.9. The molecule has 0 saturated heterocycles. The molecule has 0 bridgehead atoms. The van der Waals surface area contributed by atoms with Crippen LogP contribution in [0.2, 0.25) is 0 Å². The number of nitrogens with zero attached hydrogens (tertiary/aromatic N) is 2.